The van der Waals surface area contributed by atoms with Gasteiger partial charge >= 0.3 is 0 Å². The number of anilines is 1. The zero-order valence-electron chi connectivity index (χ0n) is 14.5. The van der Waals surface area contributed by atoms with E-state index in [1.165, 1.54) is 16.8 Å². The molecule has 6 nitrogen and oxygen atoms in total. The minimum Gasteiger partial charge on any atom is -0.366 e. The number of carbonyl (C=O) groups is 1. The van der Waals surface area contributed by atoms with E-state index in [9.17, 15) is 14.0 Å². The molecule has 26 heavy (non-hydrogen) atoms. The fourth-order valence-corrected chi connectivity index (χ4v) is 3.31. The predicted octanol–water partition coefficient (Wildman–Crippen LogP) is 1.61. The van der Waals surface area contributed by atoms with Crippen LogP contribution < -0.4 is 10.5 Å². The molecule has 1 aromatic heterocycles. The lowest BCUT2D eigenvalue weighted by Crippen LogP contribution is -2.50. The molecule has 0 spiro atoms. The molecule has 4 rings (SSSR count). The van der Waals surface area contributed by atoms with Gasteiger partial charge in [-0.1, -0.05) is 12.1 Å². The van der Waals surface area contributed by atoms with Crippen LogP contribution >= 0.6 is 0 Å². The molecular formula is C19H21FN4O2. The lowest BCUT2D eigenvalue weighted by Gasteiger charge is -2.36. The minimum absolute atomic E-state index is 0.0426. The van der Waals surface area contributed by atoms with Crippen molar-refractivity contribution in [1.29, 1.82) is 0 Å². The van der Waals surface area contributed by atoms with Crippen LogP contribution in [0.15, 0.2) is 41.2 Å². The van der Waals surface area contributed by atoms with E-state index in [0.717, 1.165) is 18.5 Å². The Hall–Kier alpha value is -2.70. The number of para-hydroxylation sites is 1. The first-order valence-electron chi connectivity index (χ1n) is 8.97. The van der Waals surface area contributed by atoms with Gasteiger partial charge in [-0.3, -0.25) is 9.59 Å². The first-order chi connectivity index (χ1) is 12.6. The third kappa shape index (κ3) is 3.47. The fraction of sp³-hybridized carbons (Fsp3) is 0.421. The van der Waals surface area contributed by atoms with Crippen molar-refractivity contribution < 1.29 is 9.18 Å². The van der Waals surface area contributed by atoms with Crippen LogP contribution in [0.5, 0.6) is 0 Å². The molecule has 0 N–H and O–H groups in total. The normalized spacial score (nSPS) is 17.4. The quantitative estimate of drug-likeness (QED) is 0.835. The van der Waals surface area contributed by atoms with Crippen molar-refractivity contribution in [2.45, 2.75) is 25.3 Å². The number of halogens is 1. The Balaban J connectivity index is 1.39. The van der Waals surface area contributed by atoms with E-state index in [4.69, 9.17) is 0 Å². The van der Waals surface area contributed by atoms with Crippen LogP contribution in [-0.2, 0) is 11.3 Å². The average Bonchev–Trinajstić information content (AvgIpc) is 3.49. The number of hydrogen-bond acceptors (Lipinski definition) is 4. The maximum absolute atomic E-state index is 13.9. The number of amides is 1. The zero-order valence-corrected chi connectivity index (χ0v) is 14.5. The Kier molecular flexibility index (Phi) is 4.44. The van der Waals surface area contributed by atoms with Gasteiger partial charge in [-0.2, -0.15) is 5.10 Å². The summed E-state index contributed by atoms with van der Waals surface area (Å²) in [7, 11) is 0. The summed E-state index contributed by atoms with van der Waals surface area (Å²) in [6, 6.07) is 9.91. The summed E-state index contributed by atoms with van der Waals surface area (Å²) in [5.74, 6) is 0.0573. The van der Waals surface area contributed by atoms with Crippen LogP contribution in [0.25, 0.3) is 0 Å². The average molecular weight is 356 g/mol. The Morgan fingerprint density at radius 3 is 2.50 bits per heavy atom. The SMILES string of the molecule is O=C(Cn1nc(C2CC2)ccc1=O)N1CCN(c2ccccc2F)CC1. The summed E-state index contributed by atoms with van der Waals surface area (Å²) in [6.45, 7) is 2.10. The Morgan fingerprint density at radius 1 is 1.08 bits per heavy atom. The van der Waals surface area contributed by atoms with Gasteiger partial charge in [-0.15, -0.1) is 0 Å². The van der Waals surface area contributed by atoms with E-state index in [1.54, 1.807) is 29.2 Å². The number of carbonyl (C=O) groups excluding carboxylic acids is 1. The first-order valence-corrected chi connectivity index (χ1v) is 8.97. The minimum atomic E-state index is -0.257. The smallest absolute Gasteiger partial charge is 0.267 e. The largest absolute Gasteiger partial charge is 0.366 e. The van der Waals surface area contributed by atoms with Gasteiger partial charge in [0.2, 0.25) is 5.91 Å². The van der Waals surface area contributed by atoms with E-state index < -0.39 is 0 Å². The second-order valence-electron chi connectivity index (χ2n) is 6.85. The number of benzene rings is 1. The molecule has 2 heterocycles. The molecule has 2 aliphatic rings. The summed E-state index contributed by atoms with van der Waals surface area (Å²) in [4.78, 5) is 28.2. The van der Waals surface area contributed by atoms with Crippen molar-refractivity contribution in [2.24, 2.45) is 0 Å². The molecule has 136 valence electrons. The summed E-state index contributed by atoms with van der Waals surface area (Å²) >= 11 is 0. The van der Waals surface area contributed by atoms with Crippen molar-refractivity contribution >= 4 is 11.6 Å². The highest BCUT2D eigenvalue weighted by Gasteiger charge is 2.27. The van der Waals surface area contributed by atoms with E-state index >= 15 is 0 Å². The Bertz CT molecular complexity index is 870. The number of hydrogen-bond donors (Lipinski definition) is 0. The molecule has 1 saturated heterocycles. The zero-order chi connectivity index (χ0) is 18.1. The molecule has 1 amide bonds. The van der Waals surface area contributed by atoms with Crippen molar-refractivity contribution in [3.05, 3.63) is 58.3 Å². The van der Waals surface area contributed by atoms with Crippen LogP contribution in [0.3, 0.4) is 0 Å². The van der Waals surface area contributed by atoms with Gasteiger partial charge in [0, 0.05) is 38.2 Å². The molecule has 0 atom stereocenters. The number of rotatable bonds is 4. The molecule has 1 aromatic carbocycles. The highest BCUT2D eigenvalue weighted by Crippen LogP contribution is 2.38. The lowest BCUT2D eigenvalue weighted by molar-refractivity contribution is -0.132. The third-order valence-corrected chi connectivity index (χ3v) is 4.99. The molecule has 1 saturated carbocycles. The molecule has 0 unspecified atom stereocenters. The van der Waals surface area contributed by atoms with Crippen molar-refractivity contribution in [1.82, 2.24) is 14.7 Å². The van der Waals surface area contributed by atoms with Crippen LogP contribution in [0.2, 0.25) is 0 Å². The van der Waals surface area contributed by atoms with Crippen molar-refractivity contribution in [2.75, 3.05) is 31.1 Å². The third-order valence-electron chi connectivity index (χ3n) is 4.99. The summed E-state index contributed by atoms with van der Waals surface area (Å²) in [6.07, 6.45) is 2.19. The van der Waals surface area contributed by atoms with Gasteiger partial charge in [0.05, 0.1) is 11.4 Å². The monoisotopic (exact) mass is 356 g/mol. The second-order valence-corrected chi connectivity index (χ2v) is 6.85. The highest BCUT2D eigenvalue weighted by molar-refractivity contribution is 5.76. The van der Waals surface area contributed by atoms with E-state index in [2.05, 4.69) is 5.10 Å². The van der Waals surface area contributed by atoms with Gasteiger partial charge in [-0.05, 0) is 31.0 Å². The number of piperazine rings is 1. The molecule has 1 aliphatic carbocycles. The number of nitrogens with zero attached hydrogens (tertiary/aromatic N) is 4. The van der Waals surface area contributed by atoms with Gasteiger partial charge < -0.3 is 9.80 Å². The Morgan fingerprint density at radius 2 is 1.81 bits per heavy atom. The predicted molar refractivity (Wildman–Crippen MR) is 95.7 cm³/mol. The van der Waals surface area contributed by atoms with E-state index in [-0.39, 0.29) is 23.8 Å². The maximum atomic E-state index is 13.9. The van der Waals surface area contributed by atoms with Gasteiger partial charge in [-0.25, -0.2) is 9.07 Å². The highest BCUT2D eigenvalue weighted by atomic mass is 19.1. The number of aromatic nitrogens is 2. The maximum Gasteiger partial charge on any atom is 0.267 e. The topological polar surface area (TPSA) is 58.4 Å². The fourth-order valence-electron chi connectivity index (χ4n) is 3.31. The van der Waals surface area contributed by atoms with Gasteiger partial charge in [0.15, 0.2) is 0 Å². The van der Waals surface area contributed by atoms with Crippen LogP contribution in [0.4, 0.5) is 10.1 Å². The molecule has 1 aliphatic heterocycles. The molecule has 2 aromatic rings. The molecule has 0 radical (unpaired) electrons. The second kappa shape index (κ2) is 6.90. The summed E-state index contributed by atoms with van der Waals surface area (Å²) < 4.78 is 15.2. The van der Waals surface area contributed by atoms with Crippen LogP contribution in [0.1, 0.15) is 24.5 Å². The van der Waals surface area contributed by atoms with E-state index in [1.807, 2.05) is 4.90 Å². The van der Waals surface area contributed by atoms with E-state index in [0.29, 0.717) is 37.8 Å². The van der Waals surface area contributed by atoms with Gasteiger partial charge in [0.25, 0.3) is 5.56 Å². The van der Waals surface area contributed by atoms with Gasteiger partial charge in [0.1, 0.15) is 12.4 Å². The van der Waals surface area contributed by atoms with Crippen LogP contribution in [-0.4, -0.2) is 46.8 Å². The Labute approximate surface area is 150 Å². The van der Waals surface area contributed by atoms with Crippen molar-refractivity contribution in [3.8, 4) is 0 Å². The lowest BCUT2D eigenvalue weighted by atomic mass is 10.2. The molecule has 2 fully saturated rings. The molecule has 7 heteroatoms. The van der Waals surface area contributed by atoms with Crippen molar-refractivity contribution in [3.63, 3.8) is 0 Å². The summed E-state index contributed by atoms with van der Waals surface area (Å²) in [5.41, 5.74) is 1.20. The van der Waals surface area contributed by atoms with Crippen LogP contribution in [0, 0.1) is 5.82 Å². The standard InChI is InChI=1S/C19H21FN4O2/c20-15-3-1-2-4-17(15)22-9-11-23(12-10-22)19(26)13-24-18(25)8-7-16(21-24)14-5-6-14/h1-4,7-8,14H,5-6,9-13H2. The summed E-state index contributed by atoms with van der Waals surface area (Å²) in [5, 5.41) is 4.34. The first kappa shape index (κ1) is 16.8. The molecular weight excluding hydrogens is 335 g/mol. The molecule has 0 bridgehead atoms.